The average Bonchev–Trinajstić information content (AvgIpc) is 2.86. The quantitative estimate of drug-likeness (QED) is 0.655. The molecule has 0 atom stereocenters. The van der Waals surface area contributed by atoms with Crippen LogP contribution in [-0.4, -0.2) is 12.0 Å². The number of rotatable bonds is 3. The van der Waals surface area contributed by atoms with Gasteiger partial charge in [0, 0.05) is 15.4 Å². The molecule has 0 bridgehead atoms. The molecule has 0 aromatic carbocycles. The van der Waals surface area contributed by atoms with E-state index >= 15 is 0 Å². The average molecular weight is 274 g/mol. The van der Waals surface area contributed by atoms with Gasteiger partial charge in [0.05, 0.1) is 6.54 Å². The van der Waals surface area contributed by atoms with Crippen molar-refractivity contribution >= 4 is 33.2 Å². The van der Waals surface area contributed by atoms with E-state index in [0.29, 0.717) is 18.5 Å². The van der Waals surface area contributed by atoms with Crippen molar-refractivity contribution in [3.8, 4) is 0 Å². The van der Waals surface area contributed by atoms with E-state index in [2.05, 4.69) is 26.2 Å². The minimum absolute atomic E-state index is 0.563. The lowest BCUT2D eigenvalue weighted by Gasteiger charge is -2.02. The molecule has 14 heavy (non-hydrogen) atoms. The molecule has 0 spiro atoms. The van der Waals surface area contributed by atoms with Gasteiger partial charge in [0.2, 0.25) is 0 Å². The van der Waals surface area contributed by atoms with E-state index in [4.69, 9.17) is 5.73 Å². The van der Waals surface area contributed by atoms with Crippen molar-refractivity contribution in [2.45, 2.75) is 25.4 Å². The molecule has 2 rings (SSSR count). The summed E-state index contributed by atoms with van der Waals surface area (Å²) in [5, 5.41) is 5.19. The number of nitrogens with zero attached hydrogens (tertiary/aromatic N) is 1. The Balaban J connectivity index is 1.88. The van der Waals surface area contributed by atoms with Gasteiger partial charge in [-0.05, 0) is 40.2 Å². The molecule has 76 valence electrons. The maximum absolute atomic E-state index is 5.71. The maximum atomic E-state index is 5.71. The second kappa shape index (κ2) is 4.31. The second-order valence-electron chi connectivity index (χ2n) is 3.31. The van der Waals surface area contributed by atoms with Crippen molar-refractivity contribution in [2.75, 3.05) is 0 Å². The second-order valence-corrected chi connectivity index (χ2v) is 5.17. The Kier molecular flexibility index (Phi) is 3.08. The van der Waals surface area contributed by atoms with Gasteiger partial charge in [-0.15, -0.1) is 11.3 Å². The monoisotopic (exact) mass is 273 g/mol. The number of guanidine groups is 1. The molecule has 0 amide bonds. The van der Waals surface area contributed by atoms with Crippen LogP contribution in [0.15, 0.2) is 20.9 Å². The van der Waals surface area contributed by atoms with Gasteiger partial charge in [-0.1, -0.05) is 0 Å². The molecule has 5 heteroatoms. The number of aliphatic imine (C=N–C) groups is 1. The van der Waals surface area contributed by atoms with Crippen LogP contribution in [0.4, 0.5) is 0 Å². The highest BCUT2D eigenvalue weighted by Crippen LogP contribution is 2.23. The number of nitrogens with two attached hydrogens (primary N) is 1. The number of thiophene rings is 1. The molecule has 0 aliphatic heterocycles. The summed E-state index contributed by atoms with van der Waals surface area (Å²) in [6.07, 6.45) is 2.44. The van der Waals surface area contributed by atoms with E-state index in [9.17, 15) is 0 Å². The lowest BCUT2D eigenvalue weighted by atomic mass is 10.5. The SMILES string of the molecule is NC(=NCc1sccc1Br)NC1CC1. The topological polar surface area (TPSA) is 50.4 Å². The minimum Gasteiger partial charge on any atom is -0.370 e. The Labute approximate surface area is 95.5 Å². The molecule has 1 heterocycles. The van der Waals surface area contributed by atoms with Gasteiger partial charge in [-0.25, -0.2) is 4.99 Å². The largest absolute Gasteiger partial charge is 0.370 e. The van der Waals surface area contributed by atoms with Gasteiger partial charge in [-0.3, -0.25) is 0 Å². The predicted octanol–water partition coefficient (Wildman–Crippen LogP) is 2.08. The first kappa shape index (κ1) is 9.98. The number of hydrogen-bond donors (Lipinski definition) is 2. The van der Waals surface area contributed by atoms with Crippen molar-refractivity contribution in [1.29, 1.82) is 0 Å². The lowest BCUT2D eigenvalue weighted by Crippen LogP contribution is -2.33. The van der Waals surface area contributed by atoms with E-state index in [1.807, 2.05) is 11.4 Å². The molecule has 0 radical (unpaired) electrons. The molecule has 1 aromatic rings. The summed E-state index contributed by atoms with van der Waals surface area (Å²) in [5.74, 6) is 0.563. The molecular formula is C9H12BrN3S. The fourth-order valence-corrected chi connectivity index (χ4v) is 2.48. The predicted molar refractivity (Wildman–Crippen MR) is 63.5 cm³/mol. The molecule has 3 nitrogen and oxygen atoms in total. The third-order valence-electron chi connectivity index (χ3n) is 2.01. The molecular weight excluding hydrogens is 262 g/mol. The zero-order valence-electron chi connectivity index (χ0n) is 7.66. The third-order valence-corrected chi connectivity index (χ3v) is 3.92. The van der Waals surface area contributed by atoms with Gasteiger partial charge in [-0.2, -0.15) is 0 Å². The Morgan fingerprint density at radius 3 is 3.07 bits per heavy atom. The number of halogens is 1. The van der Waals surface area contributed by atoms with Crippen LogP contribution in [0.2, 0.25) is 0 Å². The molecule has 1 aliphatic rings. The highest BCUT2D eigenvalue weighted by atomic mass is 79.9. The van der Waals surface area contributed by atoms with Gasteiger partial charge in [0.1, 0.15) is 0 Å². The molecule has 0 saturated heterocycles. The standard InChI is InChI=1S/C9H12BrN3S/c10-7-3-4-14-8(7)5-12-9(11)13-6-1-2-6/h3-4,6H,1-2,5H2,(H3,11,12,13). The molecule has 1 aromatic heterocycles. The Bertz CT molecular complexity index is 344. The van der Waals surface area contributed by atoms with Gasteiger partial charge < -0.3 is 11.1 Å². The van der Waals surface area contributed by atoms with E-state index in [1.54, 1.807) is 11.3 Å². The summed E-state index contributed by atoms with van der Waals surface area (Å²) < 4.78 is 1.12. The zero-order valence-corrected chi connectivity index (χ0v) is 10.1. The van der Waals surface area contributed by atoms with E-state index in [1.165, 1.54) is 17.7 Å². The maximum Gasteiger partial charge on any atom is 0.189 e. The normalized spacial score (nSPS) is 17.1. The summed E-state index contributed by atoms with van der Waals surface area (Å²) in [6, 6.07) is 2.60. The van der Waals surface area contributed by atoms with Gasteiger partial charge in [0.25, 0.3) is 0 Å². The minimum atomic E-state index is 0.563. The molecule has 3 N–H and O–H groups in total. The van der Waals surface area contributed by atoms with Crippen molar-refractivity contribution < 1.29 is 0 Å². The van der Waals surface area contributed by atoms with Crippen molar-refractivity contribution in [3.05, 3.63) is 20.8 Å². The van der Waals surface area contributed by atoms with Crippen LogP contribution in [0.25, 0.3) is 0 Å². The van der Waals surface area contributed by atoms with Crippen LogP contribution in [-0.2, 0) is 6.54 Å². The highest BCUT2D eigenvalue weighted by molar-refractivity contribution is 9.10. The molecule has 1 aliphatic carbocycles. The van der Waals surface area contributed by atoms with E-state index < -0.39 is 0 Å². The fraction of sp³-hybridized carbons (Fsp3) is 0.444. The van der Waals surface area contributed by atoms with Crippen molar-refractivity contribution in [3.63, 3.8) is 0 Å². The van der Waals surface area contributed by atoms with E-state index in [-0.39, 0.29) is 0 Å². The lowest BCUT2D eigenvalue weighted by molar-refractivity contribution is 0.881. The van der Waals surface area contributed by atoms with E-state index in [0.717, 1.165) is 4.47 Å². The van der Waals surface area contributed by atoms with Gasteiger partial charge >= 0.3 is 0 Å². The first-order chi connectivity index (χ1) is 6.75. The van der Waals surface area contributed by atoms with Crippen molar-refractivity contribution in [1.82, 2.24) is 5.32 Å². The third kappa shape index (κ3) is 2.72. The summed E-state index contributed by atoms with van der Waals surface area (Å²) in [5.41, 5.74) is 5.71. The van der Waals surface area contributed by atoms with Crippen molar-refractivity contribution in [2.24, 2.45) is 10.7 Å². The summed E-state index contributed by atoms with van der Waals surface area (Å²) >= 11 is 5.15. The first-order valence-corrected chi connectivity index (χ1v) is 6.21. The van der Waals surface area contributed by atoms with Gasteiger partial charge in [0.15, 0.2) is 5.96 Å². The Morgan fingerprint density at radius 1 is 1.71 bits per heavy atom. The molecule has 1 fully saturated rings. The zero-order chi connectivity index (χ0) is 9.97. The highest BCUT2D eigenvalue weighted by Gasteiger charge is 2.21. The van der Waals surface area contributed by atoms with Crippen LogP contribution < -0.4 is 11.1 Å². The van der Waals surface area contributed by atoms with Crippen LogP contribution in [0.3, 0.4) is 0 Å². The first-order valence-electron chi connectivity index (χ1n) is 4.54. The number of hydrogen-bond acceptors (Lipinski definition) is 2. The van der Waals surface area contributed by atoms with Crippen LogP contribution in [0.5, 0.6) is 0 Å². The van der Waals surface area contributed by atoms with Crippen LogP contribution in [0.1, 0.15) is 17.7 Å². The summed E-state index contributed by atoms with van der Waals surface area (Å²) in [6.45, 7) is 0.657. The van der Waals surface area contributed by atoms with Crippen LogP contribution >= 0.6 is 27.3 Å². The summed E-state index contributed by atoms with van der Waals surface area (Å²) in [4.78, 5) is 5.48. The molecule has 1 saturated carbocycles. The smallest absolute Gasteiger partial charge is 0.189 e. The van der Waals surface area contributed by atoms with Crippen LogP contribution in [0, 0.1) is 0 Å². The fourth-order valence-electron chi connectivity index (χ4n) is 1.08. The Hall–Kier alpha value is -0.550. The summed E-state index contributed by atoms with van der Waals surface area (Å²) in [7, 11) is 0. The molecule has 0 unspecified atom stereocenters. The number of nitrogens with one attached hydrogen (secondary N) is 1. The Morgan fingerprint density at radius 2 is 2.50 bits per heavy atom.